The fraction of sp³-hybridized carbons (Fsp3) is 0.0370. The molecule has 0 amide bonds. The van der Waals surface area contributed by atoms with E-state index >= 15 is 0 Å². The number of rotatable bonds is 6. The summed E-state index contributed by atoms with van der Waals surface area (Å²) in [5.41, 5.74) is 10.8. The standard InChI is InChI=1S/C54H38N2O/c1-35-21-25-39(26-22-35)55(50-19-9-13-37-11-3-5-15-43(37)50)41-29-31-47-49(33-41)45-17-7-8-18-46(45)53-48-32-30-42(34-52(48)57-54(47)53)56(40-27-23-36(2)24-28-40)51-20-10-14-38-12-4-6-16-44(38)51/h3-34H,1-2H3. The largest absolute Gasteiger partial charge is 0.455 e. The Morgan fingerprint density at radius 3 is 1.37 bits per heavy atom. The Hall–Kier alpha value is -7.36. The molecule has 0 bridgehead atoms. The molecule has 0 fully saturated rings. The smallest absolute Gasteiger partial charge is 0.143 e. The maximum atomic E-state index is 7.04. The molecule has 11 aromatic rings. The van der Waals surface area contributed by atoms with Crippen LogP contribution in [0.15, 0.2) is 199 Å². The van der Waals surface area contributed by atoms with E-state index in [1.54, 1.807) is 0 Å². The zero-order valence-electron chi connectivity index (χ0n) is 31.8. The quantitative estimate of drug-likeness (QED) is 0.159. The monoisotopic (exact) mass is 730 g/mol. The highest BCUT2D eigenvalue weighted by Crippen LogP contribution is 2.47. The molecular formula is C54H38N2O. The van der Waals surface area contributed by atoms with Gasteiger partial charge in [-0.3, -0.25) is 0 Å². The summed E-state index contributed by atoms with van der Waals surface area (Å²) in [7, 11) is 0. The van der Waals surface area contributed by atoms with Crippen LogP contribution in [-0.4, -0.2) is 0 Å². The second-order valence-electron chi connectivity index (χ2n) is 15.1. The fourth-order valence-electron chi connectivity index (χ4n) is 8.76. The molecule has 270 valence electrons. The Morgan fingerprint density at radius 2 is 0.789 bits per heavy atom. The number of hydrogen-bond donors (Lipinski definition) is 0. The number of furan rings is 1. The summed E-state index contributed by atoms with van der Waals surface area (Å²) in [6, 6.07) is 70.2. The van der Waals surface area contributed by atoms with E-state index in [0.717, 1.165) is 66.8 Å². The molecule has 0 aliphatic heterocycles. The zero-order chi connectivity index (χ0) is 38.0. The predicted molar refractivity (Wildman–Crippen MR) is 243 cm³/mol. The van der Waals surface area contributed by atoms with E-state index in [0.29, 0.717) is 0 Å². The summed E-state index contributed by atoms with van der Waals surface area (Å²) >= 11 is 0. The summed E-state index contributed by atoms with van der Waals surface area (Å²) < 4.78 is 7.04. The molecule has 3 nitrogen and oxygen atoms in total. The first-order valence-electron chi connectivity index (χ1n) is 19.6. The van der Waals surface area contributed by atoms with E-state index in [2.05, 4.69) is 218 Å². The van der Waals surface area contributed by atoms with Crippen LogP contribution in [0.4, 0.5) is 34.1 Å². The molecule has 57 heavy (non-hydrogen) atoms. The van der Waals surface area contributed by atoms with Crippen molar-refractivity contribution in [3.8, 4) is 0 Å². The topological polar surface area (TPSA) is 19.6 Å². The Morgan fingerprint density at radius 1 is 0.333 bits per heavy atom. The first kappa shape index (κ1) is 33.0. The van der Waals surface area contributed by atoms with Gasteiger partial charge in [0, 0.05) is 55.7 Å². The van der Waals surface area contributed by atoms with Crippen molar-refractivity contribution in [3.63, 3.8) is 0 Å². The van der Waals surface area contributed by atoms with Crippen molar-refractivity contribution in [2.24, 2.45) is 0 Å². The predicted octanol–water partition coefficient (Wildman–Crippen LogP) is 15.8. The molecule has 1 heterocycles. The van der Waals surface area contributed by atoms with Crippen LogP contribution in [0.2, 0.25) is 0 Å². The van der Waals surface area contributed by atoms with Gasteiger partial charge in [0.15, 0.2) is 0 Å². The molecule has 0 atom stereocenters. The van der Waals surface area contributed by atoms with Gasteiger partial charge in [0.25, 0.3) is 0 Å². The highest BCUT2D eigenvalue weighted by molar-refractivity contribution is 6.30. The summed E-state index contributed by atoms with van der Waals surface area (Å²) in [5.74, 6) is 0. The van der Waals surface area contributed by atoms with Crippen molar-refractivity contribution < 1.29 is 4.42 Å². The number of anilines is 6. The number of nitrogens with zero attached hydrogens (tertiary/aromatic N) is 2. The Bertz CT molecular complexity index is 3310. The van der Waals surface area contributed by atoms with E-state index in [4.69, 9.17) is 4.42 Å². The second-order valence-corrected chi connectivity index (χ2v) is 15.1. The van der Waals surface area contributed by atoms with Crippen LogP contribution < -0.4 is 9.80 Å². The maximum absolute atomic E-state index is 7.04. The number of fused-ring (bicyclic) bond motifs is 10. The van der Waals surface area contributed by atoms with Crippen LogP contribution in [0.3, 0.4) is 0 Å². The summed E-state index contributed by atoms with van der Waals surface area (Å²) in [6.07, 6.45) is 0. The van der Waals surface area contributed by atoms with Crippen molar-refractivity contribution in [2.75, 3.05) is 9.80 Å². The van der Waals surface area contributed by atoms with Gasteiger partial charge in [-0.15, -0.1) is 0 Å². The molecule has 0 aliphatic carbocycles. The van der Waals surface area contributed by atoms with Gasteiger partial charge >= 0.3 is 0 Å². The van der Waals surface area contributed by atoms with Crippen LogP contribution in [0.1, 0.15) is 11.1 Å². The van der Waals surface area contributed by atoms with Gasteiger partial charge in [-0.2, -0.15) is 0 Å². The lowest BCUT2D eigenvalue weighted by Gasteiger charge is -2.27. The van der Waals surface area contributed by atoms with E-state index in [9.17, 15) is 0 Å². The Balaban J connectivity index is 1.14. The second kappa shape index (κ2) is 13.1. The molecule has 0 radical (unpaired) electrons. The molecule has 0 saturated carbocycles. The highest BCUT2D eigenvalue weighted by atomic mass is 16.3. The Kier molecular flexibility index (Phi) is 7.61. The van der Waals surface area contributed by atoms with E-state index in [-0.39, 0.29) is 0 Å². The lowest BCUT2D eigenvalue weighted by molar-refractivity contribution is 0.673. The first-order valence-corrected chi connectivity index (χ1v) is 19.6. The third-order valence-electron chi connectivity index (χ3n) is 11.5. The molecule has 0 saturated heterocycles. The van der Waals surface area contributed by atoms with Gasteiger partial charge < -0.3 is 14.2 Å². The van der Waals surface area contributed by atoms with E-state index < -0.39 is 0 Å². The van der Waals surface area contributed by atoms with Crippen LogP contribution in [0.25, 0.3) is 65.0 Å². The van der Waals surface area contributed by atoms with Gasteiger partial charge in [-0.1, -0.05) is 132 Å². The number of hydrogen-bond acceptors (Lipinski definition) is 3. The lowest BCUT2D eigenvalue weighted by Crippen LogP contribution is -2.10. The molecule has 0 aliphatic rings. The highest BCUT2D eigenvalue weighted by Gasteiger charge is 2.22. The third kappa shape index (κ3) is 5.43. The van der Waals surface area contributed by atoms with Gasteiger partial charge in [-0.05, 0) is 108 Å². The molecule has 3 heteroatoms. The minimum absolute atomic E-state index is 0.860. The molecule has 0 N–H and O–H groups in total. The van der Waals surface area contributed by atoms with Gasteiger partial charge in [-0.25, -0.2) is 0 Å². The van der Waals surface area contributed by atoms with E-state index in [1.165, 1.54) is 43.4 Å². The number of aryl methyl sites for hydroxylation is 2. The van der Waals surface area contributed by atoms with Crippen LogP contribution in [0.5, 0.6) is 0 Å². The maximum Gasteiger partial charge on any atom is 0.143 e. The average Bonchev–Trinajstić information content (AvgIpc) is 3.65. The van der Waals surface area contributed by atoms with Gasteiger partial charge in [0.2, 0.25) is 0 Å². The van der Waals surface area contributed by atoms with Crippen molar-refractivity contribution >= 4 is 99.2 Å². The van der Waals surface area contributed by atoms with Crippen molar-refractivity contribution in [1.29, 1.82) is 0 Å². The minimum atomic E-state index is 0.860. The van der Waals surface area contributed by atoms with Crippen molar-refractivity contribution in [2.45, 2.75) is 13.8 Å². The van der Waals surface area contributed by atoms with E-state index in [1.807, 2.05) is 0 Å². The van der Waals surface area contributed by atoms with Crippen LogP contribution in [-0.2, 0) is 0 Å². The molecule has 10 aromatic carbocycles. The number of benzene rings is 10. The molecule has 0 spiro atoms. The van der Waals surface area contributed by atoms with Gasteiger partial charge in [0.05, 0.1) is 11.4 Å². The van der Waals surface area contributed by atoms with Crippen molar-refractivity contribution in [3.05, 3.63) is 205 Å². The van der Waals surface area contributed by atoms with Gasteiger partial charge in [0.1, 0.15) is 11.2 Å². The fourth-order valence-corrected chi connectivity index (χ4v) is 8.76. The summed E-state index contributed by atoms with van der Waals surface area (Å²) in [4.78, 5) is 4.74. The molecular weight excluding hydrogens is 693 g/mol. The normalized spacial score (nSPS) is 11.7. The third-order valence-corrected chi connectivity index (χ3v) is 11.5. The molecule has 11 rings (SSSR count). The lowest BCUT2D eigenvalue weighted by atomic mass is 9.96. The molecule has 1 aromatic heterocycles. The Labute approximate surface area is 331 Å². The summed E-state index contributed by atoms with van der Waals surface area (Å²) in [5, 5.41) is 11.7. The summed E-state index contributed by atoms with van der Waals surface area (Å²) in [6.45, 7) is 4.27. The SMILES string of the molecule is Cc1ccc(N(c2ccc3c(c2)oc2c4ccc(N(c5ccc(C)cc5)c5cccc6ccccc56)cc4c4ccccc4c32)c2cccc3ccccc23)cc1. The minimum Gasteiger partial charge on any atom is -0.455 e. The average molecular weight is 731 g/mol. The van der Waals surface area contributed by atoms with Crippen LogP contribution >= 0.6 is 0 Å². The van der Waals surface area contributed by atoms with Crippen LogP contribution in [0, 0.1) is 13.8 Å². The molecule has 0 unspecified atom stereocenters. The first-order chi connectivity index (χ1) is 28.1. The zero-order valence-corrected chi connectivity index (χ0v) is 31.8. The van der Waals surface area contributed by atoms with Crippen molar-refractivity contribution in [1.82, 2.24) is 0 Å².